The molecule has 0 fully saturated rings. The van der Waals surface area contributed by atoms with E-state index in [0.717, 1.165) is 13.1 Å². The van der Waals surface area contributed by atoms with Crippen molar-refractivity contribution in [1.82, 2.24) is 5.32 Å². The van der Waals surface area contributed by atoms with E-state index in [2.05, 4.69) is 41.6 Å². The summed E-state index contributed by atoms with van der Waals surface area (Å²) in [5, 5.41) is 3.24. The zero-order valence-electron chi connectivity index (χ0n) is 10.7. The van der Waals surface area contributed by atoms with Crippen molar-refractivity contribution in [3.63, 3.8) is 0 Å². The van der Waals surface area contributed by atoms with Gasteiger partial charge in [0.1, 0.15) is 0 Å². The summed E-state index contributed by atoms with van der Waals surface area (Å²) in [6.45, 7) is 4.44. The van der Waals surface area contributed by atoms with Crippen molar-refractivity contribution in [2.24, 2.45) is 0 Å². The third-order valence-corrected chi connectivity index (χ3v) is 5.10. The molecular weight excluding hydrogens is 248 g/mol. The Labute approximate surface area is 113 Å². The fraction of sp³-hybridized carbons (Fsp3) is 0.538. The molecule has 94 valence electrons. The topological polar surface area (TPSA) is 15.3 Å². The largest absolute Gasteiger partial charge is 0.366 e. The average Bonchev–Trinajstić information content (AvgIpc) is 2.37. The van der Waals surface area contributed by atoms with Crippen molar-refractivity contribution in [2.45, 2.75) is 22.8 Å². The molecule has 1 aliphatic heterocycles. The third kappa shape index (κ3) is 2.92. The van der Waals surface area contributed by atoms with Crippen molar-refractivity contribution in [1.29, 1.82) is 0 Å². The summed E-state index contributed by atoms with van der Waals surface area (Å²) in [6.07, 6.45) is 2.14. The molecule has 2 nitrogen and oxygen atoms in total. The van der Waals surface area contributed by atoms with Crippen LogP contribution in [0.4, 0.5) is 5.69 Å². The van der Waals surface area contributed by atoms with E-state index in [-0.39, 0.29) is 0 Å². The van der Waals surface area contributed by atoms with Crippen LogP contribution in [0.3, 0.4) is 0 Å². The van der Waals surface area contributed by atoms with Gasteiger partial charge in [0.15, 0.2) is 0 Å². The van der Waals surface area contributed by atoms with Crippen molar-refractivity contribution < 1.29 is 0 Å². The Bertz CT molecular complexity index is 382. The van der Waals surface area contributed by atoms with Crippen LogP contribution in [0.25, 0.3) is 0 Å². The van der Waals surface area contributed by atoms with E-state index < -0.39 is 0 Å². The molecule has 4 heteroatoms. The number of hydrogen-bond acceptors (Lipinski definition) is 4. The fourth-order valence-electron chi connectivity index (χ4n) is 2.09. The molecule has 0 bridgehead atoms. The highest BCUT2D eigenvalue weighted by molar-refractivity contribution is 8.00. The van der Waals surface area contributed by atoms with Crippen LogP contribution in [0, 0.1) is 0 Å². The van der Waals surface area contributed by atoms with Gasteiger partial charge in [-0.3, -0.25) is 0 Å². The van der Waals surface area contributed by atoms with E-state index >= 15 is 0 Å². The maximum atomic E-state index is 3.24. The molecule has 1 unspecified atom stereocenters. The van der Waals surface area contributed by atoms with Crippen LogP contribution in [-0.2, 0) is 0 Å². The van der Waals surface area contributed by atoms with Crippen molar-refractivity contribution >= 4 is 29.2 Å². The number of nitrogens with zero attached hydrogens (tertiary/aromatic N) is 1. The van der Waals surface area contributed by atoms with E-state index in [1.54, 1.807) is 0 Å². The summed E-state index contributed by atoms with van der Waals surface area (Å²) in [4.78, 5) is 5.32. The van der Waals surface area contributed by atoms with Gasteiger partial charge >= 0.3 is 0 Å². The molecule has 0 aliphatic carbocycles. The molecule has 0 saturated carbocycles. The average molecular weight is 268 g/mol. The maximum absolute atomic E-state index is 3.24. The number of nitrogens with one attached hydrogen (secondary N) is 1. The molecule has 1 N–H and O–H groups in total. The van der Waals surface area contributed by atoms with Crippen LogP contribution in [0.15, 0.2) is 28.0 Å². The number of thioether (sulfide) groups is 2. The Balaban J connectivity index is 2.24. The molecule has 1 heterocycles. The molecule has 0 radical (unpaired) electrons. The van der Waals surface area contributed by atoms with Gasteiger partial charge in [-0.1, -0.05) is 0 Å². The van der Waals surface area contributed by atoms with Crippen LogP contribution < -0.4 is 10.2 Å². The number of fused-ring (bicyclic) bond motifs is 1. The molecule has 0 spiro atoms. The van der Waals surface area contributed by atoms with Crippen LogP contribution in [0.5, 0.6) is 0 Å². The molecule has 1 aromatic carbocycles. The number of benzene rings is 1. The summed E-state index contributed by atoms with van der Waals surface area (Å²) in [7, 11) is 2.01. The predicted molar refractivity (Wildman–Crippen MR) is 79.7 cm³/mol. The first-order valence-electron chi connectivity index (χ1n) is 5.98. The normalized spacial score (nSPS) is 19.2. The minimum Gasteiger partial charge on any atom is -0.366 e. The van der Waals surface area contributed by atoms with E-state index in [0.29, 0.717) is 6.04 Å². The first-order chi connectivity index (χ1) is 8.26. The summed E-state index contributed by atoms with van der Waals surface area (Å²) in [5.74, 6) is 1.19. The Hall–Kier alpha value is -0.320. The first kappa shape index (κ1) is 13.1. The van der Waals surface area contributed by atoms with E-state index in [9.17, 15) is 0 Å². The molecular formula is C13H20N2S2. The zero-order chi connectivity index (χ0) is 12.3. The quantitative estimate of drug-likeness (QED) is 0.844. The smallest absolute Gasteiger partial charge is 0.0508 e. The molecule has 1 atom stereocenters. The monoisotopic (exact) mass is 268 g/mol. The highest BCUT2D eigenvalue weighted by Gasteiger charge is 2.23. The molecule has 1 aliphatic rings. The summed E-state index contributed by atoms with van der Waals surface area (Å²) < 4.78 is 0. The lowest BCUT2D eigenvalue weighted by molar-refractivity contribution is 0.648. The molecule has 2 rings (SSSR count). The van der Waals surface area contributed by atoms with Crippen LogP contribution in [0.2, 0.25) is 0 Å². The standard InChI is InChI=1S/C13H20N2S2/c1-10-9-17-13-8-11(16-3)4-5-12(13)15(10)7-6-14-2/h4-5,8,10,14H,6-7,9H2,1-3H3. The maximum Gasteiger partial charge on any atom is 0.0508 e. The van der Waals surface area contributed by atoms with Gasteiger partial charge in [-0.15, -0.1) is 23.5 Å². The zero-order valence-corrected chi connectivity index (χ0v) is 12.3. The predicted octanol–water partition coefficient (Wildman–Crippen LogP) is 2.93. The number of anilines is 1. The van der Waals surface area contributed by atoms with Gasteiger partial charge in [0.25, 0.3) is 0 Å². The van der Waals surface area contributed by atoms with Gasteiger partial charge < -0.3 is 10.2 Å². The molecule has 17 heavy (non-hydrogen) atoms. The lowest BCUT2D eigenvalue weighted by atomic mass is 10.2. The lowest BCUT2D eigenvalue weighted by Crippen LogP contribution is -2.41. The first-order valence-corrected chi connectivity index (χ1v) is 8.19. The third-order valence-electron chi connectivity index (χ3n) is 3.09. The van der Waals surface area contributed by atoms with Gasteiger partial charge in [-0.2, -0.15) is 0 Å². The van der Waals surface area contributed by atoms with Crippen molar-refractivity contribution in [3.05, 3.63) is 18.2 Å². The Morgan fingerprint density at radius 2 is 2.35 bits per heavy atom. The van der Waals surface area contributed by atoms with Gasteiger partial charge in [-0.05, 0) is 38.4 Å². The lowest BCUT2D eigenvalue weighted by Gasteiger charge is -2.36. The Morgan fingerprint density at radius 1 is 1.53 bits per heavy atom. The van der Waals surface area contributed by atoms with Crippen molar-refractivity contribution in [2.75, 3.05) is 37.0 Å². The number of hydrogen-bond donors (Lipinski definition) is 1. The minimum atomic E-state index is 0.626. The Kier molecular flexibility index (Phi) is 4.65. The second-order valence-corrected chi connectivity index (χ2v) is 6.23. The van der Waals surface area contributed by atoms with Gasteiger partial charge in [-0.25, -0.2) is 0 Å². The molecule has 1 aromatic rings. The van der Waals surface area contributed by atoms with E-state index in [1.807, 2.05) is 30.6 Å². The summed E-state index contributed by atoms with van der Waals surface area (Å²) in [5.41, 5.74) is 1.40. The highest BCUT2D eigenvalue weighted by atomic mass is 32.2. The summed E-state index contributed by atoms with van der Waals surface area (Å²) in [6, 6.07) is 7.46. The highest BCUT2D eigenvalue weighted by Crippen LogP contribution is 2.39. The minimum absolute atomic E-state index is 0.626. The summed E-state index contributed by atoms with van der Waals surface area (Å²) >= 11 is 3.81. The van der Waals surface area contributed by atoms with Gasteiger partial charge in [0.05, 0.1) is 5.69 Å². The number of rotatable bonds is 4. The SMILES string of the molecule is CNCCN1c2ccc(SC)cc2SCC1C. The van der Waals surface area contributed by atoms with E-state index in [1.165, 1.54) is 21.2 Å². The number of likely N-dealkylation sites (N-methyl/N-ethyl adjacent to an activating group) is 1. The molecule has 0 amide bonds. The molecule has 0 aromatic heterocycles. The fourth-order valence-corrected chi connectivity index (χ4v) is 3.74. The Morgan fingerprint density at radius 3 is 3.06 bits per heavy atom. The molecule has 0 saturated heterocycles. The van der Waals surface area contributed by atoms with Gasteiger partial charge in [0, 0.05) is 34.7 Å². The van der Waals surface area contributed by atoms with Gasteiger partial charge in [0.2, 0.25) is 0 Å². The van der Waals surface area contributed by atoms with Crippen LogP contribution in [0.1, 0.15) is 6.92 Å². The van der Waals surface area contributed by atoms with E-state index in [4.69, 9.17) is 0 Å². The second kappa shape index (κ2) is 6.03. The van der Waals surface area contributed by atoms with Crippen LogP contribution in [-0.4, -0.2) is 38.2 Å². The van der Waals surface area contributed by atoms with Crippen LogP contribution >= 0.6 is 23.5 Å². The second-order valence-electron chi connectivity index (χ2n) is 4.29. The van der Waals surface area contributed by atoms with Crippen molar-refractivity contribution in [3.8, 4) is 0 Å².